The van der Waals surface area contributed by atoms with Gasteiger partial charge in [0.15, 0.2) is 5.72 Å². The third-order valence-corrected chi connectivity index (χ3v) is 19.0. The molecule has 4 aliphatic rings. The van der Waals surface area contributed by atoms with Crippen molar-refractivity contribution in [3.05, 3.63) is 88.0 Å². The number of nitrogens with zero attached hydrogens (tertiary/aromatic N) is 4. The Hall–Kier alpha value is -6.24. The average molecular weight is 1220 g/mol. The summed E-state index contributed by atoms with van der Waals surface area (Å²) < 4.78 is 22.4. The van der Waals surface area contributed by atoms with Gasteiger partial charge in [0.2, 0.25) is 23.6 Å². The first-order chi connectivity index (χ1) is 39.6. The van der Waals surface area contributed by atoms with Crippen LogP contribution in [0.4, 0.5) is 16.2 Å². The summed E-state index contributed by atoms with van der Waals surface area (Å²) in [5.74, 6) is -2.93. The second-order valence-corrected chi connectivity index (χ2v) is 26.3. The summed E-state index contributed by atoms with van der Waals surface area (Å²) in [5, 5.41) is 34.3. The maximum atomic E-state index is 14.3. The highest BCUT2D eigenvalue weighted by Gasteiger charge is 2.49. The lowest BCUT2D eigenvalue weighted by Gasteiger charge is -2.43. The zero-order chi connectivity index (χ0) is 61.7. The van der Waals surface area contributed by atoms with Crippen LogP contribution < -0.4 is 25.7 Å². The Labute approximate surface area is 504 Å². The summed E-state index contributed by atoms with van der Waals surface area (Å²) in [4.78, 5) is 108. The average Bonchev–Trinajstić information content (AvgIpc) is 3.95. The van der Waals surface area contributed by atoms with Crippen LogP contribution >= 0.6 is 33.2 Å². The first-order valence-corrected chi connectivity index (χ1v) is 30.9. The van der Waals surface area contributed by atoms with Crippen molar-refractivity contribution in [2.45, 2.75) is 165 Å². The van der Waals surface area contributed by atoms with Gasteiger partial charge in [-0.2, -0.15) is 5.10 Å². The van der Waals surface area contributed by atoms with Crippen molar-refractivity contribution in [2.75, 3.05) is 50.8 Å². The summed E-state index contributed by atoms with van der Waals surface area (Å²) in [6.45, 7) is 10.6. The number of methoxy groups -OCH3 is 2. The Balaban J connectivity index is 1.03. The quantitative estimate of drug-likeness (QED) is 0.0279. The number of amides is 7. The molecule has 24 heteroatoms. The molecule has 1 saturated heterocycles. The Morgan fingerprint density at radius 2 is 1.74 bits per heavy atom. The van der Waals surface area contributed by atoms with E-state index in [0.29, 0.717) is 67.9 Å². The predicted molar refractivity (Wildman–Crippen MR) is 323 cm³/mol. The van der Waals surface area contributed by atoms with Crippen molar-refractivity contribution < 1.29 is 67.5 Å². The smallest absolute Gasteiger partial charge is 0.409 e. The van der Waals surface area contributed by atoms with Gasteiger partial charge in [-0.05, 0) is 121 Å². The summed E-state index contributed by atoms with van der Waals surface area (Å²) in [6, 6.07) is 7.96. The maximum absolute atomic E-state index is 14.3. The SMILES string of the molecule is COc1cc2cc(c1Cl)N(C)C(=O)C[C@H](OC(=O)[C@H](C)N(C)C(=O)CCSSC(C)(C)CC(=O)N/N=C1/CCCc3cc(NC(=O)CCCCCN4C(=O)C=CC4=O)ccc31)C(C)(O)C[C@H](C)[C@@H]1C[C@@](O)(NC(=O)O1)[C@H](OC)/C=C/C=C(\C)C2. The van der Waals surface area contributed by atoms with Crippen LogP contribution in [0.15, 0.2) is 71.4 Å². The summed E-state index contributed by atoms with van der Waals surface area (Å²) >= 11 is 6.81. The standard InChI is InChI=1S/C60H80ClN7O14S2/c1-36-16-14-19-47(80-10)60(78)34-46(81-57(76)63-60)37(2)33-59(6,77)48(32-54(74)67(8)44-29-39(28-36)30-45(79-9)55(44)61)82-56(75)38(3)66(7)51(71)25-27-83-84-58(4,5)35-50(70)65-64-43-18-15-17-40-31-41(21-22-42(40)43)62-49(69)20-12-11-13-26-68-52(72)23-24-53(68)73/h14,16,19,21-24,29-31,37-38,46-48,77-78H,11-13,15,17-18,20,25-28,32-35H2,1-10H3,(H,62,69)(H,63,76)(H,65,70)/b19-14+,36-16+,64-43-/t37-,38-,46-,47+,48-,59?,60-/m0/s1. The van der Waals surface area contributed by atoms with Gasteiger partial charge in [0.25, 0.3) is 11.8 Å². The van der Waals surface area contributed by atoms with E-state index in [1.54, 1.807) is 31.2 Å². The zero-order valence-corrected chi connectivity index (χ0v) is 51.9. The number of hydrogen-bond acceptors (Lipinski definition) is 17. The second kappa shape index (κ2) is 29.7. The molecule has 7 amide bonds. The summed E-state index contributed by atoms with van der Waals surface area (Å²) in [5.41, 5.74) is 4.08. The van der Waals surface area contributed by atoms with Crippen molar-refractivity contribution in [1.82, 2.24) is 20.5 Å². The van der Waals surface area contributed by atoms with Gasteiger partial charge in [0.05, 0.1) is 30.5 Å². The number of unbranched alkanes of at least 4 members (excludes halogenated alkanes) is 2. The van der Waals surface area contributed by atoms with Gasteiger partial charge < -0.3 is 44.3 Å². The van der Waals surface area contributed by atoms with E-state index in [1.807, 2.05) is 45.0 Å². The van der Waals surface area contributed by atoms with Crippen LogP contribution in [0.3, 0.4) is 0 Å². The first-order valence-electron chi connectivity index (χ1n) is 28.2. The molecular formula is C60H80ClN7O14S2. The molecule has 84 heavy (non-hydrogen) atoms. The molecule has 1 unspecified atom stereocenters. The second-order valence-electron chi connectivity index (χ2n) is 22.8. The number of carbonyl (C=O) groups excluding carboxylic acids is 8. The van der Waals surface area contributed by atoms with Crippen molar-refractivity contribution in [2.24, 2.45) is 11.0 Å². The van der Waals surface area contributed by atoms with E-state index in [-0.39, 0.29) is 60.2 Å². The number of likely N-dealkylation sites (N-methyl/N-ethyl adjacent to an activating group) is 1. The molecule has 0 aromatic heterocycles. The lowest BCUT2D eigenvalue weighted by Crippen LogP contribution is -2.63. The fourth-order valence-corrected chi connectivity index (χ4v) is 13.2. The fourth-order valence-electron chi connectivity index (χ4n) is 10.4. The maximum Gasteiger partial charge on any atom is 0.409 e. The van der Waals surface area contributed by atoms with Crippen LogP contribution in [0.1, 0.15) is 129 Å². The van der Waals surface area contributed by atoms with Crippen molar-refractivity contribution >= 4 is 97.8 Å². The molecule has 5 N–H and O–H groups in total. The molecule has 458 valence electrons. The molecule has 0 spiro atoms. The third kappa shape index (κ3) is 18.1. The highest BCUT2D eigenvalue weighted by Crippen LogP contribution is 2.40. The number of allylic oxidation sites excluding steroid dienone is 3. The van der Waals surface area contributed by atoms with Crippen molar-refractivity contribution in [1.29, 1.82) is 0 Å². The molecule has 1 aliphatic carbocycles. The highest BCUT2D eigenvalue weighted by atomic mass is 35.5. The Morgan fingerprint density at radius 3 is 2.44 bits per heavy atom. The summed E-state index contributed by atoms with van der Waals surface area (Å²) in [7, 11) is 8.65. The number of rotatable bonds is 20. The molecule has 3 heterocycles. The number of aryl methyl sites for hydroxylation is 1. The van der Waals surface area contributed by atoms with Gasteiger partial charge >= 0.3 is 12.1 Å². The molecule has 0 radical (unpaired) electrons. The van der Waals surface area contributed by atoms with E-state index in [9.17, 15) is 48.6 Å². The number of aliphatic hydroxyl groups is 2. The van der Waals surface area contributed by atoms with Crippen LogP contribution in [0.2, 0.25) is 5.02 Å². The fraction of sp³-hybridized carbons (Fsp3) is 0.550. The number of imide groups is 1. The number of fused-ring (bicyclic) bond motifs is 5. The number of nitrogens with one attached hydrogen (secondary N) is 3. The van der Waals surface area contributed by atoms with Gasteiger partial charge in [-0.3, -0.25) is 39.0 Å². The van der Waals surface area contributed by atoms with E-state index in [0.717, 1.165) is 40.8 Å². The van der Waals surface area contributed by atoms with Gasteiger partial charge in [-0.15, -0.1) is 0 Å². The third-order valence-electron chi connectivity index (χ3n) is 15.3. The molecule has 3 aliphatic heterocycles. The Kier molecular flexibility index (Phi) is 23.7. The zero-order valence-electron chi connectivity index (χ0n) is 49.5. The molecule has 4 bridgehead atoms. The number of hydrazone groups is 1. The van der Waals surface area contributed by atoms with Crippen LogP contribution in [-0.2, 0) is 60.6 Å². The van der Waals surface area contributed by atoms with E-state index >= 15 is 0 Å². The number of halogens is 1. The molecule has 2 aromatic carbocycles. The minimum atomic E-state index is -1.96. The van der Waals surface area contributed by atoms with E-state index in [4.69, 9.17) is 30.5 Å². The number of carbonyl (C=O) groups is 8. The van der Waals surface area contributed by atoms with E-state index < -0.39 is 70.7 Å². The highest BCUT2D eigenvalue weighted by molar-refractivity contribution is 8.77. The van der Waals surface area contributed by atoms with Gasteiger partial charge in [0.1, 0.15) is 35.1 Å². The number of alkyl carbamates (subject to hydrolysis) is 1. The predicted octanol–water partition coefficient (Wildman–Crippen LogP) is 7.72. The lowest BCUT2D eigenvalue weighted by atomic mass is 9.81. The van der Waals surface area contributed by atoms with E-state index in [2.05, 4.69) is 21.2 Å². The molecule has 1 fully saturated rings. The van der Waals surface area contributed by atoms with Crippen LogP contribution in [0.25, 0.3) is 0 Å². The molecule has 2 aromatic rings. The van der Waals surface area contributed by atoms with Gasteiger partial charge in [0, 0.05) is 87.3 Å². The molecule has 6 rings (SSSR count). The van der Waals surface area contributed by atoms with Crippen LogP contribution in [0.5, 0.6) is 5.75 Å². The molecular weight excluding hydrogens is 1140 g/mol. The topological polar surface area (TPSA) is 272 Å². The normalized spacial score (nSPS) is 25.0. The number of ether oxygens (including phenoxy) is 4. The monoisotopic (exact) mass is 1220 g/mol. The molecule has 7 atom stereocenters. The van der Waals surface area contributed by atoms with Crippen molar-refractivity contribution in [3.8, 4) is 5.75 Å². The number of anilines is 2. The number of esters is 1. The Bertz CT molecular complexity index is 2910. The molecule has 0 saturated carbocycles. The van der Waals surface area contributed by atoms with Gasteiger partial charge in [-0.25, -0.2) is 15.0 Å². The first kappa shape index (κ1) is 66.9. The minimum absolute atomic E-state index is 0.0272. The molecule has 21 nitrogen and oxygen atoms in total. The largest absolute Gasteiger partial charge is 0.495 e. The Morgan fingerprint density at radius 1 is 1.01 bits per heavy atom. The lowest BCUT2D eigenvalue weighted by molar-refractivity contribution is -0.176. The van der Waals surface area contributed by atoms with E-state index in [1.165, 1.54) is 90.6 Å². The van der Waals surface area contributed by atoms with Crippen molar-refractivity contribution in [3.63, 3.8) is 0 Å². The van der Waals surface area contributed by atoms with Crippen LogP contribution in [-0.4, -0.2) is 154 Å². The van der Waals surface area contributed by atoms with Crippen LogP contribution in [0, 0.1) is 5.92 Å². The summed E-state index contributed by atoms with van der Waals surface area (Å²) in [6.07, 6.45) is 7.42. The number of hydrogen-bond donors (Lipinski definition) is 5. The van der Waals surface area contributed by atoms with Gasteiger partial charge in [-0.1, -0.05) is 76.4 Å². The number of benzene rings is 2. The minimum Gasteiger partial charge on any atom is -0.495 e.